The van der Waals surface area contributed by atoms with Gasteiger partial charge in [0.05, 0.1) is 12.1 Å². The van der Waals surface area contributed by atoms with Crippen molar-refractivity contribution in [1.82, 2.24) is 5.32 Å². The summed E-state index contributed by atoms with van der Waals surface area (Å²) in [6.45, 7) is 7.17. The maximum atomic E-state index is 12.1. The molecule has 0 aliphatic carbocycles. The molecular weight excluding hydrogens is 408 g/mol. The zero-order valence-electron chi connectivity index (χ0n) is 19.2. The highest BCUT2D eigenvalue weighted by molar-refractivity contribution is 5.81. The number of aryl methyl sites for hydroxylation is 1. The van der Waals surface area contributed by atoms with E-state index in [1.807, 2.05) is 49.4 Å². The Balaban J connectivity index is 2.41. The largest absolute Gasteiger partial charge is 0.463 e. The van der Waals surface area contributed by atoms with Crippen molar-refractivity contribution < 1.29 is 23.9 Å². The highest BCUT2D eigenvalue weighted by atomic mass is 16.5. The van der Waals surface area contributed by atoms with Crippen molar-refractivity contribution in [2.75, 3.05) is 13.2 Å². The third-order valence-electron chi connectivity index (χ3n) is 4.62. The fourth-order valence-electron chi connectivity index (χ4n) is 2.86. The van der Waals surface area contributed by atoms with Crippen LogP contribution in [0.25, 0.3) is 0 Å². The molecule has 1 rings (SSSR count). The number of allylic oxidation sites excluding steroid dienone is 3. The molecular formula is C25H36N2O5. The van der Waals surface area contributed by atoms with E-state index in [9.17, 15) is 14.4 Å². The monoisotopic (exact) mass is 444 g/mol. The number of esters is 2. The van der Waals surface area contributed by atoms with Gasteiger partial charge in [-0.15, -0.1) is 0 Å². The van der Waals surface area contributed by atoms with E-state index in [1.165, 1.54) is 0 Å². The number of nitrogens with one attached hydrogen (secondary N) is 1. The molecule has 0 bridgehead atoms. The first-order valence-electron chi connectivity index (χ1n) is 11.0. The number of amides is 1. The van der Waals surface area contributed by atoms with Gasteiger partial charge in [0.15, 0.2) is 0 Å². The average Bonchev–Trinajstić information content (AvgIpc) is 2.76. The van der Waals surface area contributed by atoms with Gasteiger partial charge in [0.1, 0.15) is 13.2 Å². The standard InChI is InChI=1S/C25H36N2O5/c1-4-10-19(2)11-8-15-23(28)31-17-22(27-25(30)20(3)26)18-32-24(29)16-9-14-21-12-6-5-7-13-21/h4-7,10,12-13,20,22H,2,8-9,11,14-18,26H2,1,3H3,(H,27,30)/b10-4+. The van der Waals surface area contributed by atoms with Crippen molar-refractivity contribution in [3.63, 3.8) is 0 Å². The lowest BCUT2D eigenvalue weighted by molar-refractivity contribution is -0.149. The Morgan fingerprint density at radius 3 is 2.19 bits per heavy atom. The Bertz CT molecular complexity index is 759. The normalized spacial score (nSPS) is 12.7. The van der Waals surface area contributed by atoms with Gasteiger partial charge < -0.3 is 20.5 Å². The van der Waals surface area contributed by atoms with Gasteiger partial charge in [-0.2, -0.15) is 0 Å². The van der Waals surface area contributed by atoms with E-state index in [-0.39, 0.29) is 38.0 Å². The molecule has 1 amide bonds. The molecule has 1 aromatic carbocycles. The Kier molecular flexibility index (Phi) is 13.4. The van der Waals surface area contributed by atoms with Crippen LogP contribution in [0.4, 0.5) is 0 Å². The number of benzene rings is 1. The van der Waals surface area contributed by atoms with Crippen molar-refractivity contribution >= 4 is 17.8 Å². The maximum absolute atomic E-state index is 12.1. The van der Waals surface area contributed by atoms with Crippen LogP contribution in [0, 0.1) is 0 Å². The fourth-order valence-corrected chi connectivity index (χ4v) is 2.86. The number of carbonyl (C=O) groups is 3. The van der Waals surface area contributed by atoms with Crippen LogP contribution in [-0.2, 0) is 30.3 Å². The van der Waals surface area contributed by atoms with Gasteiger partial charge in [-0.3, -0.25) is 14.4 Å². The molecule has 0 radical (unpaired) electrons. The molecule has 2 unspecified atom stereocenters. The molecule has 7 heteroatoms. The van der Waals surface area contributed by atoms with Crippen LogP contribution in [0.5, 0.6) is 0 Å². The first kappa shape index (κ1) is 27.1. The number of hydrogen-bond acceptors (Lipinski definition) is 6. The lowest BCUT2D eigenvalue weighted by atomic mass is 10.1. The second-order valence-electron chi connectivity index (χ2n) is 7.71. The summed E-state index contributed by atoms with van der Waals surface area (Å²) >= 11 is 0. The predicted molar refractivity (Wildman–Crippen MR) is 125 cm³/mol. The van der Waals surface area contributed by atoms with Gasteiger partial charge in [-0.25, -0.2) is 0 Å². The van der Waals surface area contributed by atoms with Crippen molar-refractivity contribution in [2.45, 2.75) is 64.5 Å². The molecule has 3 N–H and O–H groups in total. The molecule has 176 valence electrons. The van der Waals surface area contributed by atoms with Gasteiger partial charge in [0.25, 0.3) is 0 Å². The quantitative estimate of drug-likeness (QED) is 0.318. The summed E-state index contributed by atoms with van der Waals surface area (Å²) in [5.74, 6) is -1.16. The number of rotatable bonds is 15. The van der Waals surface area contributed by atoms with E-state index >= 15 is 0 Å². The van der Waals surface area contributed by atoms with E-state index in [2.05, 4.69) is 11.9 Å². The molecule has 0 spiro atoms. The summed E-state index contributed by atoms with van der Waals surface area (Å²) in [5, 5.41) is 2.66. The summed E-state index contributed by atoms with van der Waals surface area (Å²) in [6.07, 6.45) is 7.06. The van der Waals surface area contributed by atoms with Crippen LogP contribution in [0.1, 0.15) is 51.5 Å². The second-order valence-corrected chi connectivity index (χ2v) is 7.71. The highest BCUT2D eigenvalue weighted by Gasteiger charge is 2.19. The molecule has 0 heterocycles. The van der Waals surface area contributed by atoms with Gasteiger partial charge >= 0.3 is 11.9 Å². The summed E-state index contributed by atoms with van der Waals surface area (Å²) in [5.41, 5.74) is 7.70. The minimum atomic E-state index is -0.729. The van der Waals surface area contributed by atoms with Gasteiger partial charge in [0.2, 0.25) is 5.91 Å². The van der Waals surface area contributed by atoms with Crippen LogP contribution >= 0.6 is 0 Å². The van der Waals surface area contributed by atoms with E-state index in [0.29, 0.717) is 19.3 Å². The van der Waals surface area contributed by atoms with E-state index in [0.717, 1.165) is 17.6 Å². The summed E-state index contributed by atoms with van der Waals surface area (Å²) in [7, 11) is 0. The zero-order chi connectivity index (χ0) is 23.8. The van der Waals surface area contributed by atoms with E-state index < -0.39 is 18.0 Å². The number of hydrogen-bond donors (Lipinski definition) is 2. The van der Waals surface area contributed by atoms with Crippen LogP contribution in [-0.4, -0.2) is 43.1 Å². The number of nitrogens with two attached hydrogens (primary N) is 1. The van der Waals surface area contributed by atoms with Gasteiger partial charge in [-0.05, 0) is 45.1 Å². The fraction of sp³-hybridized carbons (Fsp3) is 0.480. The molecule has 7 nitrogen and oxygen atoms in total. The summed E-state index contributed by atoms with van der Waals surface area (Å²) < 4.78 is 10.6. The van der Waals surface area contributed by atoms with Gasteiger partial charge in [0, 0.05) is 12.8 Å². The maximum Gasteiger partial charge on any atom is 0.305 e. The van der Waals surface area contributed by atoms with E-state index in [1.54, 1.807) is 6.92 Å². The second kappa shape index (κ2) is 15.8. The summed E-state index contributed by atoms with van der Waals surface area (Å²) in [6, 6.07) is 8.49. The first-order chi connectivity index (χ1) is 15.3. The smallest absolute Gasteiger partial charge is 0.305 e. The molecule has 0 saturated heterocycles. The zero-order valence-corrected chi connectivity index (χ0v) is 19.2. The third-order valence-corrected chi connectivity index (χ3v) is 4.62. The third kappa shape index (κ3) is 12.7. The van der Waals surface area contributed by atoms with Crippen LogP contribution < -0.4 is 11.1 Å². The molecule has 1 aromatic rings. The van der Waals surface area contributed by atoms with Crippen LogP contribution in [0.15, 0.2) is 54.6 Å². The van der Waals surface area contributed by atoms with Crippen molar-refractivity contribution in [3.8, 4) is 0 Å². The first-order valence-corrected chi connectivity index (χ1v) is 11.0. The Hall–Kier alpha value is -2.93. The van der Waals surface area contributed by atoms with E-state index in [4.69, 9.17) is 15.2 Å². The molecule has 32 heavy (non-hydrogen) atoms. The van der Waals surface area contributed by atoms with Crippen molar-refractivity contribution in [2.24, 2.45) is 5.73 Å². The Labute approximate surface area is 191 Å². The van der Waals surface area contributed by atoms with Crippen molar-refractivity contribution in [1.29, 1.82) is 0 Å². The highest BCUT2D eigenvalue weighted by Crippen LogP contribution is 2.08. The predicted octanol–water partition coefficient (Wildman–Crippen LogP) is 3.23. The number of ether oxygens (including phenoxy) is 2. The van der Waals surface area contributed by atoms with Gasteiger partial charge in [-0.1, -0.05) is 54.6 Å². The Morgan fingerprint density at radius 2 is 1.62 bits per heavy atom. The minimum Gasteiger partial charge on any atom is -0.463 e. The lowest BCUT2D eigenvalue weighted by Gasteiger charge is -2.20. The Morgan fingerprint density at radius 1 is 1.03 bits per heavy atom. The minimum absolute atomic E-state index is 0.0893. The SMILES string of the molecule is C=C(/C=C/C)CCCC(=O)OCC(COC(=O)CCCc1ccccc1)NC(=O)C(C)N. The van der Waals surface area contributed by atoms with Crippen LogP contribution in [0.3, 0.4) is 0 Å². The molecule has 0 aliphatic rings. The lowest BCUT2D eigenvalue weighted by Crippen LogP contribution is -2.48. The topological polar surface area (TPSA) is 108 Å². The van der Waals surface area contributed by atoms with Crippen molar-refractivity contribution in [3.05, 3.63) is 60.2 Å². The average molecular weight is 445 g/mol. The molecule has 0 aliphatic heterocycles. The van der Waals surface area contributed by atoms with Crippen LogP contribution in [0.2, 0.25) is 0 Å². The molecule has 0 saturated carbocycles. The molecule has 2 atom stereocenters. The number of carbonyl (C=O) groups excluding carboxylic acids is 3. The summed E-state index contributed by atoms with van der Waals surface area (Å²) in [4.78, 5) is 36.0. The molecule has 0 fully saturated rings. The molecule has 0 aromatic heterocycles.